The number of hydrogen-bond donors (Lipinski definition) is 1. The molecule has 22 heavy (non-hydrogen) atoms. The predicted octanol–water partition coefficient (Wildman–Crippen LogP) is 5.63. The van der Waals surface area contributed by atoms with Crippen LogP contribution in [0.3, 0.4) is 0 Å². The van der Waals surface area contributed by atoms with Crippen molar-refractivity contribution in [1.82, 2.24) is 0 Å². The van der Waals surface area contributed by atoms with Crippen LogP contribution in [0.1, 0.15) is 30.5 Å². The van der Waals surface area contributed by atoms with Gasteiger partial charge < -0.3 is 5.11 Å². The molecule has 0 amide bonds. The molecule has 1 aliphatic rings. The second-order valence-electron chi connectivity index (χ2n) is 6.19. The van der Waals surface area contributed by atoms with Crippen molar-refractivity contribution < 1.29 is 5.11 Å². The first kappa shape index (κ1) is 14.4. The summed E-state index contributed by atoms with van der Waals surface area (Å²) < 4.78 is 0. The normalized spacial score (nSPS) is 15.1. The lowest BCUT2D eigenvalue weighted by molar-refractivity contribution is 0.440. The lowest BCUT2D eigenvalue weighted by Crippen LogP contribution is -2.15. The van der Waals surface area contributed by atoms with E-state index >= 15 is 0 Å². The highest BCUT2D eigenvalue weighted by Gasteiger charge is 2.35. The zero-order valence-corrected chi connectivity index (χ0v) is 13.1. The van der Waals surface area contributed by atoms with Crippen LogP contribution in [0.25, 0.3) is 16.7 Å². The van der Waals surface area contributed by atoms with Crippen LogP contribution in [0.4, 0.5) is 0 Å². The average molecular weight is 288 g/mol. The highest BCUT2D eigenvalue weighted by molar-refractivity contribution is 5.85. The molecule has 0 aliphatic heterocycles. The third-order valence-electron chi connectivity index (χ3n) is 4.49. The summed E-state index contributed by atoms with van der Waals surface area (Å²) in [6.45, 7) is 11.9. The Morgan fingerprint density at radius 2 is 1.73 bits per heavy atom. The maximum atomic E-state index is 9.84. The zero-order valence-electron chi connectivity index (χ0n) is 13.1. The van der Waals surface area contributed by atoms with E-state index in [4.69, 9.17) is 0 Å². The van der Waals surface area contributed by atoms with Crippen molar-refractivity contribution in [3.8, 4) is 11.1 Å². The van der Waals surface area contributed by atoms with Crippen molar-refractivity contribution in [1.29, 1.82) is 0 Å². The number of hydrogen-bond acceptors (Lipinski definition) is 1. The second-order valence-corrected chi connectivity index (χ2v) is 6.19. The van der Waals surface area contributed by atoms with Gasteiger partial charge in [0.05, 0.1) is 0 Å². The van der Waals surface area contributed by atoms with E-state index in [1.54, 1.807) is 12.2 Å². The highest BCUT2D eigenvalue weighted by atomic mass is 16.3. The van der Waals surface area contributed by atoms with Gasteiger partial charge in [-0.25, -0.2) is 0 Å². The SMILES string of the molecule is C=C/C=C(\C(=C)O)c1ccc2c(c1)C(C)(C)c1ccccc1-2. The Morgan fingerprint density at radius 3 is 2.41 bits per heavy atom. The molecule has 0 heterocycles. The topological polar surface area (TPSA) is 20.2 Å². The Bertz CT molecular complexity index is 806. The van der Waals surface area contributed by atoms with E-state index in [1.807, 2.05) is 6.07 Å². The van der Waals surface area contributed by atoms with Crippen LogP contribution in [-0.2, 0) is 5.41 Å². The zero-order chi connectivity index (χ0) is 15.9. The van der Waals surface area contributed by atoms with Gasteiger partial charge in [-0.3, -0.25) is 0 Å². The van der Waals surface area contributed by atoms with E-state index in [2.05, 4.69) is 63.4 Å². The van der Waals surface area contributed by atoms with Gasteiger partial charge in [-0.2, -0.15) is 0 Å². The van der Waals surface area contributed by atoms with Gasteiger partial charge in [-0.15, -0.1) is 0 Å². The minimum Gasteiger partial charge on any atom is -0.508 e. The van der Waals surface area contributed by atoms with Gasteiger partial charge in [0.25, 0.3) is 0 Å². The molecule has 0 aromatic heterocycles. The van der Waals surface area contributed by atoms with Gasteiger partial charge in [0.1, 0.15) is 5.76 Å². The molecule has 0 spiro atoms. The minimum atomic E-state index is -0.0436. The average Bonchev–Trinajstić information content (AvgIpc) is 2.73. The summed E-state index contributed by atoms with van der Waals surface area (Å²) in [5, 5.41) is 9.84. The first-order valence-electron chi connectivity index (χ1n) is 7.42. The molecular formula is C21H20O. The van der Waals surface area contributed by atoms with Crippen LogP contribution in [0.2, 0.25) is 0 Å². The monoisotopic (exact) mass is 288 g/mol. The van der Waals surface area contributed by atoms with Gasteiger partial charge in [0.2, 0.25) is 0 Å². The summed E-state index contributed by atoms with van der Waals surface area (Å²) in [6, 6.07) is 14.9. The molecule has 1 heteroatoms. The van der Waals surface area contributed by atoms with Crippen LogP contribution >= 0.6 is 0 Å². The van der Waals surface area contributed by atoms with Gasteiger partial charge in [-0.1, -0.05) is 75.6 Å². The number of allylic oxidation sites excluding steroid dienone is 3. The molecule has 2 aromatic rings. The molecular weight excluding hydrogens is 268 g/mol. The number of rotatable bonds is 3. The van der Waals surface area contributed by atoms with Gasteiger partial charge in [0, 0.05) is 11.0 Å². The third kappa shape index (κ3) is 2.01. The summed E-state index contributed by atoms with van der Waals surface area (Å²) in [5.41, 5.74) is 6.83. The Labute approximate surface area is 131 Å². The fraction of sp³-hybridized carbons (Fsp3) is 0.143. The van der Waals surface area contributed by atoms with E-state index in [-0.39, 0.29) is 11.2 Å². The van der Waals surface area contributed by atoms with E-state index < -0.39 is 0 Å². The highest BCUT2D eigenvalue weighted by Crippen LogP contribution is 2.49. The number of benzene rings is 2. The van der Waals surface area contributed by atoms with Gasteiger partial charge in [-0.05, 0) is 33.9 Å². The second kappa shape index (κ2) is 5.03. The van der Waals surface area contributed by atoms with Gasteiger partial charge >= 0.3 is 0 Å². The van der Waals surface area contributed by atoms with Crippen molar-refractivity contribution in [2.45, 2.75) is 19.3 Å². The Balaban J connectivity index is 2.22. The predicted molar refractivity (Wildman–Crippen MR) is 93.9 cm³/mol. The van der Waals surface area contributed by atoms with Crippen molar-refractivity contribution in [2.24, 2.45) is 0 Å². The fourth-order valence-corrected chi connectivity index (χ4v) is 3.35. The summed E-state index contributed by atoms with van der Waals surface area (Å²) in [5.74, 6) is 0.0631. The van der Waals surface area contributed by atoms with Crippen LogP contribution in [-0.4, -0.2) is 5.11 Å². The Morgan fingerprint density at radius 1 is 1.05 bits per heavy atom. The fourth-order valence-electron chi connectivity index (χ4n) is 3.35. The summed E-state index contributed by atoms with van der Waals surface area (Å²) in [7, 11) is 0. The van der Waals surface area contributed by atoms with E-state index in [1.165, 1.54) is 22.3 Å². The number of aliphatic hydroxyl groups is 1. The molecule has 3 rings (SSSR count). The molecule has 0 fully saturated rings. The third-order valence-corrected chi connectivity index (χ3v) is 4.49. The molecule has 0 radical (unpaired) electrons. The standard InChI is InChI=1S/C21H20O/c1-5-8-16(14(2)22)15-11-12-18-17-9-6-7-10-19(17)21(3,4)20(18)13-15/h5-13,22H,1-2H2,3-4H3/b16-8+. The van der Waals surface area contributed by atoms with Crippen molar-refractivity contribution in [3.05, 3.63) is 90.2 Å². The molecule has 1 N–H and O–H groups in total. The quantitative estimate of drug-likeness (QED) is 0.573. The minimum absolute atomic E-state index is 0.0436. The first-order chi connectivity index (χ1) is 10.5. The van der Waals surface area contributed by atoms with Crippen LogP contribution in [0.5, 0.6) is 0 Å². The first-order valence-corrected chi connectivity index (χ1v) is 7.42. The molecule has 0 saturated carbocycles. The lowest BCUT2D eigenvalue weighted by atomic mass is 9.81. The summed E-state index contributed by atoms with van der Waals surface area (Å²) in [4.78, 5) is 0. The van der Waals surface area contributed by atoms with E-state index in [9.17, 15) is 5.11 Å². The molecule has 0 saturated heterocycles. The van der Waals surface area contributed by atoms with Crippen molar-refractivity contribution >= 4 is 5.57 Å². The largest absolute Gasteiger partial charge is 0.508 e. The summed E-state index contributed by atoms with van der Waals surface area (Å²) >= 11 is 0. The van der Waals surface area contributed by atoms with E-state index in [0.717, 1.165) is 5.56 Å². The maximum absolute atomic E-state index is 9.84. The smallest absolute Gasteiger partial charge is 0.116 e. The summed E-state index contributed by atoms with van der Waals surface area (Å²) in [6.07, 6.45) is 3.46. The molecule has 0 atom stereocenters. The molecule has 1 aliphatic carbocycles. The van der Waals surface area contributed by atoms with E-state index in [0.29, 0.717) is 5.57 Å². The molecule has 2 aromatic carbocycles. The lowest BCUT2D eigenvalue weighted by Gasteiger charge is -2.22. The van der Waals surface area contributed by atoms with Gasteiger partial charge in [0.15, 0.2) is 0 Å². The van der Waals surface area contributed by atoms with Crippen molar-refractivity contribution in [3.63, 3.8) is 0 Å². The molecule has 0 bridgehead atoms. The molecule has 110 valence electrons. The number of aliphatic hydroxyl groups excluding tert-OH is 1. The maximum Gasteiger partial charge on any atom is 0.116 e. The van der Waals surface area contributed by atoms with Crippen molar-refractivity contribution in [2.75, 3.05) is 0 Å². The number of fused-ring (bicyclic) bond motifs is 3. The Kier molecular flexibility index (Phi) is 3.29. The Hall–Kier alpha value is -2.54. The van der Waals surface area contributed by atoms with Crippen LogP contribution < -0.4 is 0 Å². The molecule has 1 nitrogen and oxygen atoms in total. The molecule has 0 unspecified atom stereocenters. The van der Waals surface area contributed by atoms with Crippen LogP contribution in [0.15, 0.2) is 73.5 Å². The van der Waals surface area contributed by atoms with Crippen LogP contribution in [0, 0.1) is 0 Å².